The van der Waals surface area contributed by atoms with E-state index in [0.29, 0.717) is 11.6 Å². The Morgan fingerprint density at radius 2 is 1.95 bits per heavy atom. The van der Waals surface area contributed by atoms with Gasteiger partial charge in [-0.3, -0.25) is 9.59 Å². The summed E-state index contributed by atoms with van der Waals surface area (Å²) in [6.07, 6.45) is 3.29. The molecule has 1 saturated carbocycles. The molecule has 13 nitrogen and oxygen atoms in total. The third-order valence-electron chi connectivity index (χ3n) is 7.63. The Balaban J connectivity index is 1.47. The summed E-state index contributed by atoms with van der Waals surface area (Å²) in [5.74, 6) is -1.66. The highest BCUT2D eigenvalue weighted by Gasteiger charge is 2.61. The summed E-state index contributed by atoms with van der Waals surface area (Å²) >= 11 is 1.43. The van der Waals surface area contributed by atoms with Crippen LogP contribution in [0.15, 0.2) is 42.5 Å². The number of rotatable bonds is 4. The van der Waals surface area contributed by atoms with Crippen LogP contribution in [0, 0.1) is 5.92 Å². The average Bonchev–Trinajstić information content (AvgIpc) is 3.26. The SMILES string of the molecule is CC1SC/C=C\C2CC2(C(=O)O)NC(=O)[C@@H]2C[C@@H](n3nnc(-c4ccccc4)n3)CN2C(=O)[C@H]1NC(=O)OC(C)(C)C. The molecular formula is C28H35N7O6S. The smallest absolute Gasteiger partial charge is 0.408 e. The maximum absolute atomic E-state index is 14.2. The largest absolute Gasteiger partial charge is 0.479 e. The van der Waals surface area contributed by atoms with Crippen molar-refractivity contribution in [2.75, 3.05) is 12.3 Å². The first kappa shape index (κ1) is 29.5. The number of carbonyl (C=O) groups excluding carboxylic acids is 3. The maximum atomic E-state index is 14.2. The molecule has 0 spiro atoms. The summed E-state index contributed by atoms with van der Waals surface area (Å²) in [5.41, 5.74) is -1.44. The van der Waals surface area contributed by atoms with Gasteiger partial charge >= 0.3 is 12.1 Å². The molecule has 2 fully saturated rings. The lowest BCUT2D eigenvalue weighted by Gasteiger charge is -2.32. The number of amides is 3. The van der Waals surface area contributed by atoms with Crippen LogP contribution in [0.3, 0.4) is 0 Å². The van der Waals surface area contributed by atoms with E-state index in [1.165, 1.54) is 21.5 Å². The van der Waals surface area contributed by atoms with Crippen LogP contribution in [-0.4, -0.2) is 94.9 Å². The quantitative estimate of drug-likeness (QED) is 0.444. The minimum absolute atomic E-state index is 0.0626. The summed E-state index contributed by atoms with van der Waals surface area (Å²) in [4.78, 5) is 55.7. The second-order valence-electron chi connectivity index (χ2n) is 11.9. The molecule has 1 aromatic carbocycles. The molecule has 14 heteroatoms. The summed E-state index contributed by atoms with van der Waals surface area (Å²) < 4.78 is 5.44. The van der Waals surface area contributed by atoms with Crippen molar-refractivity contribution in [2.45, 2.75) is 75.1 Å². The fourth-order valence-electron chi connectivity index (χ4n) is 5.34. The van der Waals surface area contributed by atoms with E-state index in [1.807, 2.05) is 43.3 Å². The van der Waals surface area contributed by atoms with E-state index in [9.17, 15) is 24.3 Å². The molecule has 5 rings (SSSR count). The number of nitrogens with one attached hydrogen (secondary N) is 2. The Kier molecular flexibility index (Phi) is 8.01. The highest BCUT2D eigenvalue weighted by molar-refractivity contribution is 8.00. The third kappa shape index (κ3) is 6.13. The first-order valence-electron chi connectivity index (χ1n) is 13.9. The number of thioether (sulfide) groups is 1. The van der Waals surface area contributed by atoms with Crippen molar-refractivity contribution in [3.05, 3.63) is 42.5 Å². The van der Waals surface area contributed by atoms with E-state index in [0.717, 1.165) is 5.56 Å². The van der Waals surface area contributed by atoms with Crippen LogP contribution < -0.4 is 10.6 Å². The fraction of sp³-hybridized carbons (Fsp3) is 0.536. The molecule has 3 heterocycles. The van der Waals surface area contributed by atoms with E-state index in [-0.39, 0.29) is 25.3 Å². The van der Waals surface area contributed by atoms with Gasteiger partial charge in [0.25, 0.3) is 0 Å². The van der Waals surface area contributed by atoms with Crippen molar-refractivity contribution >= 4 is 35.6 Å². The zero-order valence-electron chi connectivity index (χ0n) is 23.9. The molecule has 2 aromatic rings. The number of aliphatic carboxylic acids is 1. The van der Waals surface area contributed by atoms with Gasteiger partial charge < -0.3 is 25.4 Å². The lowest BCUT2D eigenvalue weighted by Crippen LogP contribution is -2.58. The molecule has 3 aliphatic rings. The summed E-state index contributed by atoms with van der Waals surface area (Å²) in [5, 5.41) is 27.9. The Bertz CT molecular complexity index is 1390. The predicted octanol–water partition coefficient (Wildman–Crippen LogP) is 2.03. The first-order valence-corrected chi connectivity index (χ1v) is 14.9. The molecule has 0 bridgehead atoms. The van der Waals surface area contributed by atoms with Gasteiger partial charge in [0.2, 0.25) is 17.6 Å². The van der Waals surface area contributed by atoms with Crippen LogP contribution in [0.1, 0.15) is 46.6 Å². The monoisotopic (exact) mass is 597 g/mol. The minimum Gasteiger partial charge on any atom is -0.479 e. The average molecular weight is 598 g/mol. The Morgan fingerprint density at radius 1 is 1.21 bits per heavy atom. The number of alkyl carbamates (subject to hydrolysis) is 1. The molecule has 3 amide bonds. The van der Waals surface area contributed by atoms with Crippen LogP contribution in [0.5, 0.6) is 0 Å². The maximum Gasteiger partial charge on any atom is 0.408 e. The van der Waals surface area contributed by atoms with Gasteiger partial charge in [-0.1, -0.05) is 49.4 Å². The number of carbonyl (C=O) groups is 4. The zero-order valence-corrected chi connectivity index (χ0v) is 24.7. The van der Waals surface area contributed by atoms with Crippen molar-refractivity contribution in [3.63, 3.8) is 0 Å². The topological polar surface area (TPSA) is 169 Å². The molecule has 0 radical (unpaired) electrons. The van der Waals surface area contributed by atoms with Crippen molar-refractivity contribution in [2.24, 2.45) is 5.92 Å². The first-order chi connectivity index (χ1) is 19.9. The van der Waals surface area contributed by atoms with Crippen LogP contribution in [-0.2, 0) is 19.1 Å². The van der Waals surface area contributed by atoms with Gasteiger partial charge in [-0.25, -0.2) is 9.59 Å². The molecule has 1 aliphatic carbocycles. The van der Waals surface area contributed by atoms with Gasteiger partial charge in [0, 0.05) is 35.4 Å². The lowest BCUT2D eigenvalue weighted by atomic mass is 10.1. The van der Waals surface area contributed by atoms with Gasteiger partial charge in [-0.05, 0) is 32.4 Å². The second-order valence-corrected chi connectivity index (χ2v) is 13.3. The Morgan fingerprint density at radius 3 is 2.64 bits per heavy atom. The van der Waals surface area contributed by atoms with Gasteiger partial charge in [0.15, 0.2) is 0 Å². The third-order valence-corrected chi connectivity index (χ3v) is 8.81. The minimum atomic E-state index is -1.43. The summed E-state index contributed by atoms with van der Waals surface area (Å²) in [6, 6.07) is 6.75. The van der Waals surface area contributed by atoms with Crippen LogP contribution in [0.2, 0.25) is 0 Å². The normalized spacial score (nSPS) is 30.5. The highest BCUT2D eigenvalue weighted by Crippen LogP contribution is 2.45. The van der Waals surface area contributed by atoms with E-state index in [4.69, 9.17) is 4.74 Å². The van der Waals surface area contributed by atoms with Crippen molar-refractivity contribution < 1.29 is 29.0 Å². The number of carboxylic acid groups (broad SMARTS) is 1. The Hall–Kier alpha value is -3.94. The van der Waals surface area contributed by atoms with Crippen LogP contribution >= 0.6 is 11.8 Å². The number of aromatic nitrogens is 4. The molecule has 1 aromatic heterocycles. The van der Waals surface area contributed by atoms with E-state index in [1.54, 1.807) is 26.8 Å². The van der Waals surface area contributed by atoms with Crippen molar-refractivity contribution in [1.29, 1.82) is 0 Å². The second kappa shape index (κ2) is 11.4. The molecule has 42 heavy (non-hydrogen) atoms. The standard InChI is InChI=1S/C28H35N7O6S/c1-16-21(29-26(40)41-27(2,3)4)24(37)34-15-19(35-32-22(31-33-35)17-9-6-5-7-10-17)13-20(34)23(36)30-28(25(38)39)14-18(28)11-8-12-42-16/h5-11,16,18-21H,12-15H2,1-4H3,(H,29,40)(H,30,36)(H,38,39)/b11-8-/t16?,18?,19-,20+,21+,28?/m1/s1. The Labute approximate surface area is 247 Å². The number of nitrogens with zero attached hydrogens (tertiary/aromatic N) is 5. The molecule has 6 atom stereocenters. The number of tetrazole rings is 1. The molecule has 3 unspecified atom stereocenters. The van der Waals surface area contributed by atoms with E-state index >= 15 is 0 Å². The van der Waals surface area contributed by atoms with Crippen molar-refractivity contribution in [1.82, 2.24) is 35.7 Å². The van der Waals surface area contributed by atoms with Crippen molar-refractivity contribution in [3.8, 4) is 11.4 Å². The summed E-state index contributed by atoms with van der Waals surface area (Å²) in [6.45, 7) is 7.07. The lowest BCUT2D eigenvalue weighted by molar-refractivity contribution is -0.145. The zero-order chi connectivity index (χ0) is 30.2. The molecule has 3 N–H and O–H groups in total. The molecule has 1 saturated heterocycles. The molecule has 2 aliphatic heterocycles. The van der Waals surface area contributed by atoms with Crippen LogP contribution in [0.25, 0.3) is 11.4 Å². The summed E-state index contributed by atoms with van der Waals surface area (Å²) in [7, 11) is 0. The number of ether oxygens (including phenoxy) is 1. The number of hydrogen-bond donors (Lipinski definition) is 3. The van der Waals surface area contributed by atoms with Gasteiger partial charge in [0.1, 0.15) is 23.2 Å². The number of fused-ring (bicyclic) bond motifs is 2. The van der Waals surface area contributed by atoms with Crippen LogP contribution in [0.4, 0.5) is 4.79 Å². The molecule has 224 valence electrons. The number of hydrogen-bond acceptors (Lipinski definition) is 9. The fourth-order valence-corrected chi connectivity index (χ4v) is 6.24. The highest BCUT2D eigenvalue weighted by atomic mass is 32.2. The van der Waals surface area contributed by atoms with E-state index < -0.39 is 58.4 Å². The van der Waals surface area contributed by atoms with Gasteiger partial charge in [-0.15, -0.1) is 10.2 Å². The number of benzene rings is 1. The predicted molar refractivity (Wildman–Crippen MR) is 153 cm³/mol. The number of carboxylic acids is 1. The van der Waals surface area contributed by atoms with Gasteiger partial charge in [-0.2, -0.15) is 16.6 Å². The molecular weight excluding hydrogens is 562 g/mol. The van der Waals surface area contributed by atoms with E-state index in [2.05, 4.69) is 26.0 Å². The van der Waals surface area contributed by atoms with Gasteiger partial charge in [0.05, 0.1) is 6.04 Å².